The first kappa shape index (κ1) is 18.5. The molecule has 3 N–H and O–H groups in total. The van der Waals surface area contributed by atoms with E-state index in [9.17, 15) is 14.6 Å². The Balaban J connectivity index is 1.67. The molecule has 0 aromatic heterocycles. The van der Waals surface area contributed by atoms with Gasteiger partial charge in [-0.05, 0) is 37.5 Å². The maximum Gasteiger partial charge on any atom is 0.526 e. The van der Waals surface area contributed by atoms with Gasteiger partial charge in [0.05, 0.1) is 11.3 Å². The van der Waals surface area contributed by atoms with Gasteiger partial charge in [-0.3, -0.25) is 9.59 Å². The van der Waals surface area contributed by atoms with E-state index in [0.717, 1.165) is 16.8 Å². The molecular weight excluding hydrogens is 333 g/mol. The molecule has 0 saturated heterocycles. The van der Waals surface area contributed by atoms with E-state index in [1.165, 1.54) is 6.92 Å². The summed E-state index contributed by atoms with van der Waals surface area (Å²) in [6.45, 7) is 3.66. The Labute approximate surface area is 152 Å². The van der Waals surface area contributed by atoms with Crippen molar-refractivity contribution in [2.45, 2.75) is 45.0 Å². The largest absolute Gasteiger partial charge is 0.535 e. The maximum absolute atomic E-state index is 12.5. The predicted octanol–water partition coefficient (Wildman–Crippen LogP) is 2.09. The standard InChI is InChI=1S/C18H22BN3O4/c1-10-16(21-22-17(10)9-20)8-14(24)7-13-6-12-4-3-5-15(11(2)23)18(12)26-19(13)25/h3-5,13,16,25H,6-9,20H2,1-2H3/t13-,16?/m1/s1. The lowest BCUT2D eigenvalue weighted by Crippen LogP contribution is -2.36. The average Bonchev–Trinajstić information content (AvgIpc) is 2.94. The van der Waals surface area contributed by atoms with Crippen LogP contribution < -0.4 is 10.4 Å². The summed E-state index contributed by atoms with van der Waals surface area (Å²) in [7, 11) is -1.12. The number of nitrogens with zero attached hydrogens (tertiary/aromatic N) is 2. The van der Waals surface area contributed by atoms with E-state index in [1.54, 1.807) is 12.1 Å². The number of ketones is 2. The molecule has 2 aliphatic rings. The third kappa shape index (κ3) is 3.61. The average molecular weight is 355 g/mol. The third-order valence-electron chi connectivity index (χ3n) is 4.98. The highest BCUT2D eigenvalue weighted by Crippen LogP contribution is 2.37. The van der Waals surface area contributed by atoms with Gasteiger partial charge in [-0.25, -0.2) is 0 Å². The van der Waals surface area contributed by atoms with Crippen molar-refractivity contribution in [3.05, 3.63) is 40.6 Å². The summed E-state index contributed by atoms with van der Waals surface area (Å²) >= 11 is 0. The monoisotopic (exact) mass is 355 g/mol. The number of para-hydroxylation sites is 1. The van der Waals surface area contributed by atoms with Crippen LogP contribution in [-0.2, 0) is 11.2 Å². The molecule has 8 heteroatoms. The van der Waals surface area contributed by atoms with Crippen LogP contribution in [0, 0.1) is 0 Å². The number of rotatable bonds is 6. The number of Topliss-reactive ketones (excluding diaryl/α,β-unsaturated/α-hetero) is 2. The van der Waals surface area contributed by atoms with Crippen LogP contribution in [-0.4, -0.2) is 36.3 Å². The molecule has 7 nitrogen and oxygen atoms in total. The van der Waals surface area contributed by atoms with Gasteiger partial charge in [0.1, 0.15) is 17.6 Å². The number of carbonyl (C=O) groups is 2. The summed E-state index contributed by atoms with van der Waals surface area (Å²) in [5.74, 6) is -0.0560. The lowest BCUT2D eigenvalue weighted by Gasteiger charge is -2.28. The first-order chi connectivity index (χ1) is 12.4. The zero-order valence-electron chi connectivity index (χ0n) is 14.9. The van der Waals surface area contributed by atoms with Crippen LogP contribution in [0.25, 0.3) is 0 Å². The van der Waals surface area contributed by atoms with Crippen molar-refractivity contribution in [3.63, 3.8) is 0 Å². The van der Waals surface area contributed by atoms with E-state index in [2.05, 4.69) is 10.2 Å². The highest BCUT2D eigenvalue weighted by Gasteiger charge is 2.37. The van der Waals surface area contributed by atoms with Gasteiger partial charge in [-0.15, -0.1) is 0 Å². The first-order valence-corrected chi connectivity index (χ1v) is 8.70. The topological polar surface area (TPSA) is 114 Å². The van der Waals surface area contributed by atoms with Crippen molar-refractivity contribution in [2.75, 3.05) is 6.54 Å². The quantitative estimate of drug-likeness (QED) is 0.599. The molecule has 1 unspecified atom stereocenters. The lowest BCUT2D eigenvalue weighted by atomic mass is 9.64. The minimum atomic E-state index is -1.12. The SMILES string of the molecule is CC(=O)c1cccc2c1OB(O)[C@@H](CC(=O)CC1N=NC(CN)=C1C)C2. The van der Waals surface area contributed by atoms with E-state index in [0.29, 0.717) is 24.3 Å². The van der Waals surface area contributed by atoms with E-state index < -0.39 is 7.12 Å². The molecule has 1 aromatic carbocycles. The summed E-state index contributed by atoms with van der Waals surface area (Å²) in [6, 6.07) is 5.06. The zero-order chi connectivity index (χ0) is 18.8. The smallest absolute Gasteiger partial charge is 0.526 e. The summed E-state index contributed by atoms with van der Waals surface area (Å²) in [5, 5.41) is 18.4. The number of benzene rings is 1. The van der Waals surface area contributed by atoms with Crippen molar-refractivity contribution in [2.24, 2.45) is 16.0 Å². The molecule has 136 valence electrons. The molecule has 2 atom stereocenters. The number of carbonyl (C=O) groups excluding carboxylic acids is 2. The molecular formula is C18H22BN3O4. The second-order valence-corrected chi connectivity index (χ2v) is 6.83. The molecule has 0 radical (unpaired) electrons. The van der Waals surface area contributed by atoms with Crippen LogP contribution in [0.2, 0.25) is 5.82 Å². The molecule has 3 rings (SSSR count). The fraction of sp³-hybridized carbons (Fsp3) is 0.444. The Morgan fingerprint density at radius 3 is 2.81 bits per heavy atom. The van der Waals surface area contributed by atoms with Gasteiger partial charge >= 0.3 is 7.12 Å². The minimum absolute atomic E-state index is 0.00889. The second-order valence-electron chi connectivity index (χ2n) is 6.83. The van der Waals surface area contributed by atoms with Crippen LogP contribution in [0.3, 0.4) is 0 Å². The third-order valence-corrected chi connectivity index (χ3v) is 4.98. The predicted molar refractivity (Wildman–Crippen MR) is 97.1 cm³/mol. The number of hydrogen-bond acceptors (Lipinski definition) is 7. The van der Waals surface area contributed by atoms with Crippen LogP contribution in [0.4, 0.5) is 0 Å². The summed E-state index contributed by atoms with van der Waals surface area (Å²) in [4.78, 5) is 24.2. The van der Waals surface area contributed by atoms with Gasteiger partial charge in [0, 0.05) is 25.2 Å². The Morgan fingerprint density at radius 1 is 1.38 bits per heavy atom. The lowest BCUT2D eigenvalue weighted by molar-refractivity contribution is -0.119. The molecule has 0 aliphatic carbocycles. The highest BCUT2D eigenvalue weighted by molar-refractivity contribution is 6.47. The normalized spacial score (nSPS) is 21.6. The molecule has 0 amide bonds. The van der Waals surface area contributed by atoms with Gasteiger partial charge < -0.3 is 15.4 Å². The van der Waals surface area contributed by atoms with Crippen LogP contribution in [0.5, 0.6) is 5.75 Å². The van der Waals surface area contributed by atoms with Crippen molar-refractivity contribution in [3.8, 4) is 5.75 Å². The second kappa shape index (κ2) is 7.51. The Hall–Kier alpha value is -2.32. The van der Waals surface area contributed by atoms with Gasteiger partial charge in [-0.2, -0.15) is 10.2 Å². The van der Waals surface area contributed by atoms with Gasteiger partial charge in [0.25, 0.3) is 0 Å². The fourth-order valence-electron chi connectivity index (χ4n) is 3.42. The molecule has 2 heterocycles. The summed E-state index contributed by atoms with van der Waals surface area (Å²) < 4.78 is 5.58. The van der Waals surface area contributed by atoms with Crippen molar-refractivity contribution >= 4 is 18.7 Å². The van der Waals surface area contributed by atoms with Crippen molar-refractivity contribution < 1.29 is 19.3 Å². The van der Waals surface area contributed by atoms with Crippen molar-refractivity contribution in [1.82, 2.24) is 0 Å². The molecule has 0 saturated carbocycles. The Bertz CT molecular complexity index is 806. The number of azo groups is 1. The minimum Gasteiger partial charge on any atom is -0.535 e. The van der Waals surface area contributed by atoms with Crippen molar-refractivity contribution in [1.29, 1.82) is 0 Å². The number of hydrogen-bond donors (Lipinski definition) is 2. The zero-order valence-corrected chi connectivity index (χ0v) is 14.9. The number of fused-ring (bicyclic) bond motifs is 1. The van der Waals surface area contributed by atoms with Crippen LogP contribution >= 0.6 is 0 Å². The fourth-order valence-corrected chi connectivity index (χ4v) is 3.42. The maximum atomic E-state index is 12.5. The molecule has 0 bridgehead atoms. The molecule has 1 aromatic rings. The Morgan fingerprint density at radius 2 is 2.15 bits per heavy atom. The molecule has 2 aliphatic heterocycles. The van der Waals surface area contributed by atoms with Gasteiger partial charge in [0.2, 0.25) is 0 Å². The number of nitrogens with two attached hydrogens (primary N) is 1. The Kier molecular flexibility index (Phi) is 5.34. The van der Waals surface area contributed by atoms with Gasteiger partial charge in [0.15, 0.2) is 5.78 Å². The van der Waals surface area contributed by atoms with E-state index in [-0.39, 0.29) is 36.3 Å². The van der Waals surface area contributed by atoms with E-state index >= 15 is 0 Å². The van der Waals surface area contributed by atoms with Crippen LogP contribution in [0.15, 0.2) is 39.7 Å². The summed E-state index contributed by atoms with van der Waals surface area (Å²) in [6.07, 6.45) is 0.906. The van der Waals surface area contributed by atoms with E-state index in [4.69, 9.17) is 10.4 Å². The molecule has 26 heavy (non-hydrogen) atoms. The highest BCUT2D eigenvalue weighted by atomic mass is 16.5. The molecule has 0 spiro atoms. The summed E-state index contributed by atoms with van der Waals surface area (Å²) in [5.41, 5.74) is 8.54. The first-order valence-electron chi connectivity index (χ1n) is 8.70. The molecule has 0 fully saturated rings. The van der Waals surface area contributed by atoms with E-state index in [1.807, 2.05) is 13.0 Å². The van der Waals surface area contributed by atoms with Crippen LogP contribution in [0.1, 0.15) is 42.6 Å². The van der Waals surface area contributed by atoms with Gasteiger partial charge in [-0.1, -0.05) is 12.1 Å².